The van der Waals surface area contributed by atoms with E-state index in [-0.39, 0.29) is 5.96 Å². The van der Waals surface area contributed by atoms with Crippen molar-refractivity contribution in [3.8, 4) is 0 Å². The lowest BCUT2D eigenvalue weighted by molar-refractivity contribution is 0.0859. The predicted molar refractivity (Wildman–Crippen MR) is 39.5 cm³/mol. The smallest absolute Gasteiger partial charge is 0.210 e. The molecule has 0 aromatic rings. The van der Waals surface area contributed by atoms with Crippen molar-refractivity contribution in [2.24, 2.45) is 5.73 Å². The first-order valence-corrected chi connectivity index (χ1v) is 3.20. The Morgan fingerprint density at radius 2 is 2.40 bits per heavy atom. The molecular weight excluding hydrogens is 132 g/mol. The summed E-state index contributed by atoms with van der Waals surface area (Å²) in [6.07, 6.45) is 0. The maximum Gasteiger partial charge on any atom is 0.210 e. The third kappa shape index (κ3) is 7.19. The van der Waals surface area contributed by atoms with Crippen LogP contribution in [0, 0.1) is 5.41 Å². The van der Waals surface area contributed by atoms with Gasteiger partial charge in [0.2, 0.25) is 5.96 Å². The van der Waals surface area contributed by atoms with Crippen molar-refractivity contribution < 1.29 is 4.84 Å². The Morgan fingerprint density at radius 3 is 2.90 bits per heavy atom. The molecule has 0 aromatic heterocycles. The number of rotatable bonds is 5. The molecule has 60 valence electrons. The quantitative estimate of drug-likeness (QED) is 0.174. The van der Waals surface area contributed by atoms with E-state index < -0.39 is 0 Å². The van der Waals surface area contributed by atoms with Gasteiger partial charge in [0.05, 0.1) is 6.61 Å². The van der Waals surface area contributed by atoms with Gasteiger partial charge in [0.15, 0.2) is 0 Å². The van der Waals surface area contributed by atoms with Crippen LogP contribution in [0.2, 0.25) is 0 Å². The topological polar surface area (TPSA) is 83.2 Å². The SMILES string of the molecule is CCNCCONC(=N)N. The number of nitrogens with two attached hydrogens (primary N) is 1. The molecule has 0 rings (SSSR count). The molecule has 0 aliphatic heterocycles. The Morgan fingerprint density at radius 1 is 1.70 bits per heavy atom. The highest BCUT2D eigenvalue weighted by Gasteiger charge is 1.85. The molecule has 0 aromatic carbocycles. The summed E-state index contributed by atoms with van der Waals surface area (Å²) in [7, 11) is 0. The summed E-state index contributed by atoms with van der Waals surface area (Å²) >= 11 is 0. The normalized spacial score (nSPS) is 9.30. The Hall–Kier alpha value is -0.810. The van der Waals surface area contributed by atoms with Crippen molar-refractivity contribution in [2.45, 2.75) is 6.92 Å². The van der Waals surface area contributed by atoms with Crippen molar-refractivity contribution in [3.63, 3.8) is 0 Å². The molecule has 0 aliphatic rings. The van der Waals surface area contributed by atoms with E-state index in [1.165, 1.54) is 0 Å². The second-order valence-corrected chi connectivity index (χ2v) is 1.72. The van der Waals surface area contributed by atoms with Gasteiger partial charge in [-0.15, -0.1) is 0 Å². The molecule has 0 unspecified atom stereocenters. The molecule has 0 heterocycles. The molecular formula is C5H14N4O. The maximum absolute atomic E-state index is 6.70. The highest BCUT2D eigenvalue weighted by molar-refractivity contribution is 5.72. The van der Waals surface area contributed by atoms with Gasteiger partial charge in [0.25, 0.3) is 0 Å². The van der Waals surface area contributed by atoms with Crippen molar-refractivity contribution in [2.75, 3.05) is 19.7 Å². The van der Waals surface area contributed by atoms with Gasteiger partial charge in [-0.25, -0.2) is 5.48 Å². The zero-order valence-electron chi connectivity index (χ0n) is 6.11. The monoisotopic (exact) mass is 146 g/mol. The van der Waals surface area contributed by atoms with E-state index >= 15 is 0 Å². The molecule has 0 amide bonds. The molecule has 5 N–H and O–H groups in total. The predicted octanol–water partition coefficient (Wildman–Crippen LogP) is -0.989. The number of likely N-dealkylation sites (N-methyl/N-ethyl adjacent to an activating group) is 1. The number of nitrogens with one attached hydrogen (secondary N) is 3. The molecule has 5 nitrogen and oxygen atoms in total. The molecule has 5 heteroatoms. The summed E-state index contributed by atoms with van der Waals surface area (Å²) in [5, 5.41) is 9.74. The van der Waals surface area contributed by atoms with Gasteiger partial charge in [-0.05, 0) is 6.54 Å². The molecule has 0 aliphatic carbocycles. The number of hydrogen-bond donors (Lipinski definition) is 4. The Bertz CT molecular complexity index is 95.6. The number of guanidine groups is 1. The molecule has 0 bridgehead atoms. The van der Waals surface area contributed by atoms with Gasteiger partial charge < -0.3 is 11.1 Å². The van der Waals surface area contributed by atoms with Crippen LogP contribution in [0.15, 0.2) is 0 Å². The summed E-state index contributed by atoms with van der Waals surface area (Å²) in [6.45, 7) is 4.20. The highest BCUT2D eigenvalue weighted by atomic mass is 16.6. The fourth-order valence-corrected chi connectivity index (χ4v) is 0.429. The first-order valence-electron chi connectivity index (χ1n) is 3.20. The van der Waals surface area contributed by atoms with Crippen LogP contribution in [0.4, 0.5) is 0 Å². The van der Waals surface area contributed by atoms with Gasteiger partial charge in [0, 0.05) is 6.54 Å². The van der Waals surface area contributed by atoms with Crippen LogP contribution in [0.3, 0.4) is 0 Å². The summed E-state index contributed by atoms with van der Waals surface area (Å²) < 4.78 is 0. The molecule has 0 spiro atoms. The Balaban J connectivity index is 2.84. The first kappa shape index (κ1) is 9.19. The minimum Gasteiger partial charge on any atom is -0.368 e. The maximum atomic E-state index is 6.70. The van der Waals surface area contributed by atoms with Crippen LogP contribution in [0.25, 0.3) is 0 Å². The summed E-state index contributed by atoms with van der Waals surface area (Å²) in [5.74, 6) is -0.170. The van der Waals surface area contributed by atoms with Crippen LogP contribution in [0.1, 0.15) is 6.92 Å². The second kappa shape index (κ2) is 6.31. The minimum absolute atomic E-state index is 0.170. The third-order valence-corrected chi connectivity index (χ3v) is 0.813. The highest BCUT2D eigenvalue weighted by Crippen LogP contribution is 1.63. The van der Waals surface area contributed by atoms with Gasteiger partial charge in [-0.2, -0.15) is 0 Å². The van der Waals surface area contributed by atoms with E-state index in [1.807, 2.05) is 6.92 Å². The average molecular weight is 146 g/mol. The fourth-order valence-electron chi connectivity index (χ4n) is 0.429. The lowest BCUT2D eigenvalue weighted by Gasteiger charge is -2.03. The zero-order chi connectivity index (χ0) is 7.82. The Labute approximate surface area is 60.4 Å². The average Bonchev–Trinajstić information content (AvgIpc) is 1.87. The molecule has 0 radical (unpaired) electrons. The number of hydroxylamine groups is 1. The summed E-state index contributed by atoms with van der Waals surface area (Å²) in [5.41, 5.74) is 7.16. The lowest BCUT2D eigenvalue weighted by atomic mass is 10.6. The van der Waals surface area contributed by atoms with Crippen molar-refractivity contribution in [1.82, 2.24) is 10.8 Å². The fraction of sp³-hybridized carbons (Fsp3) is 0.800. The van der Waals surface area contributed by atoms with Gasteiger partial charge >= 0.3 is 0 Å². The molecule has 0 atom stereocenters. The number of hydrogen-bond acceptors (Lipinski definition) is 3. The zero-order valence-corrected chi connectivity index (χ0v) is 6.11. The molecule has 0 fully saturated rings. The summed E-state index contributed by atoms with van der Waals surface area (Å²) in [6, 6.07) is 0. The van der Waals surface area contributed by atoms with E-state index in [0.717, 1.165) is 13.1 Å². The van der Waals surface area contributed by atoms with Crippen molar-refractivity contribution in [1.29, 1.82) is 5.41 Å². The van der Waals surface area contributed by atoms with Crippen molar-refractivity contribution in [3.05, 3.63) is 0 Å². The van der Waals surface area contributed by atoms with Crippen LogP contribution in [-0.2, 0) is 4.84 Å². The standard InChI is InChI=1S/C5H14N4O/c1-2-8-3-4-10-9-5(6)7/h8H,2-4H2,1H3,(H4,6,7,9). The summed E-state index contributed by atoms with van der Waals surface area (Å²) in [4.78, 5) is 4.74. The van der Waals surface area contributed by atoms with Gasteiger partial charge in [0.1, 0.15) is 0 Å². The van der Waals surface area contributed by atoms with Crippen molar-refractivity contribution >= 4 is 5.96 Å². The van der Waals surface area contributed by atoms with E-state index in [1.54, 1.807) is 0 Å². The Kier molecular flexibility index (Phi) is 5.80. The van der Waals surface area contributed by atoms with Crippen LogP contribution < -0.4 is 16.5 Å². The van der Waals surface area contributed by atoms with Crippen LogP contribution in [0.5, 0.6) is 0 Å². The van der Waals surface area contributed by atoms with E-state index in [0.29, 0.717) is 6.61 Å². The molecule has 10 heavy (non-hydrogen) atoms. The second-order valence-electron chi connectivity index (χ2n) is 1.72. The molecule has 0 saturated heterocycles. The third-order valence-electron chi connectivity index (χ3n) is 0.813. The van der Waals surface area contributed by atoms with E-state index in [9.17, 15) is 0 Å². The van der Waals surface area contributed by atoms with E-state index in [2.05, 4.69) is 10.8 Å². The molecule has 0 saturated carbocycles. The van der Waals surface area contributed by atoms with Gasteiger partial charge in [-0.1, -0.05) is 6.92 Å². The van der Waals surface area contributed by atoms with Gasteiger partial charge in [-0.3, -0.25) is 10.2 Å². The minimum atomic E-state index is -0.170. The van der Waals surface area contributed by atoms with Crippen LogP contribution >= 0.6 is 0 Å². The largest absolute Gasteiger partial charge is 0.368 e. The van der Waals surface area contributed by atoms with Crippen LogP contribution in [-0.4, -0.2) is 25.7 Å². The van der Waals surface area contributed by atoms with E-state index in [4.69, 9.17) is 16.0 Å². The first-order chi connectivity index (χ1) is 4.77. The lowest BCUT2D eigenvalue weighted by Crippen LogP contribution is -2.32.